The first-order chi connectivity index (χ1) is 13.0. The van der Waals surface area contributed by atoms with Gasteiger partial charge in [0, 0.05) is 30.4 Å². The Balaban J connectivity index is 1.62. The zero-order valence-electron chi connectivity index (χ0n) is 14.1. The number of carbonyl (C=O) groups excluding carboxylic acids is 1. The molecule has 1 unspecified atom stereocenters. The zero-order chi connectivity index (χ0) is 19.0. The van der Waals surface area contributed by atoms with E-state index in [1.54, 1.807) is 24.3 Å². The number of H-pyrrole nitrogens is 1. The number of nitrogens with zero attached hydrogens (tertiary/aromatic N) is 3. The number of amides is 1. The van der Waals surface area contributed by atoms with Gasteiger partial charge in [-0.2, -0.15) is 0 Å². The van der Waals surface area contributed by atoms with Gasteiger partial charge in [-0.25, -0.2) is 14.2 Å². The molecular formula is C19H15FN4O3. The molecule has 0 saturated heterocycles. The summed E-state index contributed by atoms with van der Waals surface area (Å²) < 4.78 is 13.4. The van der Waals surface area contributed by atoms with E-state index in [4.69, 9.17) is 0 Å². The standard InChI is InChI=1S/C19H15FN4O3/c20-13-3-1-2-11(8-13)14-5-4-12(9-21-14)18(25)24-7-6-15-16(23-10-22-15)17(24)19(26)27/h1-5,8-10,17H,6-7H2,(H,22,23)(H,26,27). The third-order valence-corrected chi connectivity index (χ3v) is 4.55. The highest BCUT2D eigenvalue weighted by molar-refractivity contribution is 5.97. The van der Waals surface area contributed by atoms with Crippen LogP contribution < -0.4 is 0 Å². The van der Waals surface area contributed by atoms with E-state index >= 15 is 0 Å². The Hall–Kier alpha value is -3.55. The summed E-state index contributed by atoms with van der Waals surface area (Å²) in [5.74, 6) is -1.95. The van der Waals surface area contributed by atoms with E-state index in [1.165, 1.54) is 29.6 Å². The lowest BCUT2D eigenvalue weighted by molar-refractivity contribution is -0.143. The number of hydrogen-bond acceptors (Lipinski definition) is 4. The van der Waals surface area contributed by atoms with Crippen molar-refractivity contribution in [3.05, 3.63) is 71.7 Å². The van der Waals surface area contributed by atoms with Crippen molar-refractivity contribution < 1.29 is 19.1 Å². The molecule has 8 heteroatoms. The summed E-state index contributed by atoms with van der Waals surface area (Å²) in [6.45, 7) is 0.261. The lowest BCUT2D eigenvalue weighted by Crippen LogP contribution is -2.43. The average molecular weight is 366 g/mol. The van der Waals surface area contributed by atoms with Crippen molar-refractivity contribution in [3.8, 4) is 11.3 Å². The van der Waals surface area contributed by atoms with Crippen molar-refractivity contribution in [1.29, 1.82) is 0 Å². The molecule has 1 aromatic carbocycles. The molecule has 3 aromatic rings. The van der Waals surface area contributed by atoms with Crippen molar-refractivity contribution in [3.63, 3.8) is 0 Å². The summed E-state index contributed by atoms with van der Waals surface area (Å²) in [6, 6.07) is 8.03. The second-order valence-corrected chi connectivity index (χ2v) is 6.20. The molecule has 1 aliphatic heterocycles. The predicted molar refractivity (Wildman–Crippen MR) is 93.3 cm³/mol. The number of hydrogen-bond donors (Lipinski definition) is 2. The van der Waals surface area contributed by atoms with Crippen LogP contribution in [0.5, 0.6) is 0 Å². The summed E-state index contributed by atoms with van der Waals surface area (Å²) in [6.07, 6.45) is 3.31. The van der Waals surface area contributed by atoms with Gasteiger partial charge in [0.05, 0.1) is 23.3 Å². The molecule has 136 valence electrons. The van der Waals surface area contributed by atoms with E-state index in [0.717, 1.165) is 5.69 Å². The Labute approximate surface area is 153 Å². The van der Waals surface area contributed by atoms with Gasteiger partial charge in [0.2, 0.25) is 0 Å². The number of carbonyl (C=O) groups is 2. The van der Waals surface area contributed by atoms with Crippen molar-refractivity contribution in [2.45, 2.75) is 12.5 Å². The van der Waals surface area contributed by atoms with Gasteiger partial charge in [-0.15, -0.1) is 0 Å². The van der Waals surface area contributed by atoms with Crippen molar-refractivity contribution >= 4 is 11.9 Å². The summed E-state index contributed by atoms with van der Waals surface area (Å²) in [7, 11) is 0. The molecule has 3 heterocycles. The van der Waals surface area contributed by atoms with Crippen LogP contribution in [-0.2, 0) is 11.2 Å². The summed E-state index contributed by atoms with van der Waals surface area (Å²) in [4.78, 5) is 37.1. The third kappa shape index (κ3) is 3.05. The quantitative estimate of drug-likeness (QED) is 0.742. The topological polar surface area (TPSA) is 99.2 Å². The van der Waals surface area contributed by atoms with Crippen LogP contribution >= 0.6 is 0 Å². The number of nitrogens with one attached hydrogen (secondary N) is 1. The molecule has 0 radical (unpaired) electrons. The monoisotopic (exact) mass is 366 g/mol. The van der Waals surface area contributed by atoms with Crippen LogP contribution in [0.2, 0.25) is 0 Å². The SMILES string of the molecule is O=C(O)C1c2nc[nH]c2CCN1C(=O)c1ccc(-c2cccc(F)c2)nc1. The van der Waals surface area contributed by atoms with E-state index in [9.17, 15) is 19.1 Å². The minimum absolute atomic E-state index is 0.261. The van der Waals surface area contributed by atoms with Gasteiger partial charge < -0.3 is 15.0 Å². The second kappa shape index (κ2) is 6.64. The first kappa shape index (κ1) is 16.9. The molecule has 27 heavy (non-hydrogen) atoms. The molecule has 0 bridgehead atoms. The highest BCUT2D eigenvalue weighted by Gasteiger charge is 2.38. The third-order valence-electron chi connectivity index (χ3n) is 4.55. The molecule has 1 aliphatic rings. The second-order valence-electron chi connectivity index (χ2n) is 6.20. The maximum atomic E-state index is 13.4. The van der Waals surface area contributed by atoms with Crippen LogP contribution in [0, 0.1) is 5.82 Å². The predicted octanol–water partition coefficient (Wildman–Crippen LogP) is 2.44. The minimum atomic E-state index is -1.14. The van der Waals surface area contributed by atoms with Gasteiger partial charge in [0.25, 0.3) is 5.91 Å². The fourth-order valence-corrected chi connectivity index (χ4v) is 3.25. The number of fused-ring (bicyclic) bond motifs is 1. The molecule has 4 rings (SSSR count). The number of aromatic amines is 1. The number of imidazole rings is 1. The number of pyridine rings is 1. The van der Waals surface area contributed by atoms with Gasteiger partial charge in [-0.05, 0) is 24.3 Å². The Morgan fingerprint density at radius 1 is 1.22 bits per heavy atom. The summed E-state index contributed by atoms with van der Waals surface area (Å²) in [5.41, 5.74) is 2.46. The Morgan fingerprint density at radius 3 is 2.78 bits per heavy atom. The number of halogens is 1. The van der Waals surface area contributed by atoms with Crippen LogP contribution in [0.15, 0.2) is 48.9 Å². The van der Waals surface area contributed by atoms with E-state index in [1.807, 2.05) is 0 Å². The molecule has 0 fully saturated rings. The smallest absolute Gasteiger partial charge is 0.332 e. The normalized spacial score (nSPS) is 16.0. The molecule has 7 nitrogen and oxygen atoms in total. The van der Waals surface area contributed by atoms with E-state index in [2.05, 4.69) is 15.0 Å². The first-order valence-electron chi connectivity index (χ1n) is 8.32. The number of aliphatic carboxylic acids is 1. The lowest BCUT2D eigenvalue weighted by Gasteiger charge is -2.32. The number of rotatable bonds is 3. The number of carboxylic acids is 1. The van der Waals surface area contributed by atoms with Gasteiger partial charge >= 0.3 is 5.97 Å². The fraction of sp³-hybridized carbons (Fsp3) is 0.158. The largest absolute Gasteiger partial charge is 0.479 e. The van der Waals surface area contributed by atoms with E-state index in [0.29, 0.717) is 23.4 Å². The van der Waals surface area contributed by atoms with Gasteiger partial charge in [0.15, 0.2) is 6.04 Å². The van der Waals surface area contributed by atoms with Gasteiger partial charge in [-0.3, -0.25) is 9.78 Å². The highest BCUT2D eigenvalue weighted by Crippen LogP contribution is 2.29. The molecule has 0 aliphatic carbocycles. The van der Waals surface area contributed by atoms with Crippen LogP contribution in [0.3, 0.4) is 0 Å². The lowest BCUT2D eigenvalue weighted by atomic mass is 10.0. The molecule has 2 aromatic heterocycles. The average Bonchev–Trinajstić information content (AvgIpc) is 3.15. The molecule has 1 amide bonds. The van der Waals surface area contributed by atoms with E-state index < -0.39 is 17.9 Å². The molecule has 0 spiro atoms. The summed E-state index contributed by atoms with van der Waals surface area (Å²) >= 11 is 0. The molecule has 2 N–H and O–H groups in total. The van der Waals surface area contributed by atoms with Crippen LogP contribution in [0.1, 0.15) is 27.8 Å². The fourth-order valence-electron chi connectivity index (χ4n) is 3.25. The first-order valence-corrected chi connectivity index (χ1v) is 8.32. The van der Waals surface area contributed by atoms with E-state index in [-0.39, 0.29) is 17.9 Å². The molecule has 0 saturated carbocycles. The van der Waals surface area contributed by atoms with Crippen LogP contribution in [0.25, 0.3) is 11.3 Å². The van der Waals surface area contributed by atoms with Gasteiger partial charge in [-0.1, -0.05) is 12.1 Å². The van der Waals surface area contributed by atoms with Crippen molar-refractivity contribution in [1.82, 2.24) is 19.9 Å². The number of benzene rings is 1. The zero-order valence-corrected chi connectivity index (χ0v) is 14.1. The van der Waals surface area contributed by atoms with Crippen LogP contribution in [-0.4, -0.2) is 43.4 Å². The number of carboxylic acid groups (broad SMARTS) is 1. The number of aromatic nitrogens is 3. The maximum Gasteiger partial charge on any atom is 0.332 e. The molecular weight excluding hydrogens is 351 g/mol. The Morgan fingerprint density at radius 2 is 2.07 bits per heavy atom. The van der Waals surface area contributed by atoms with Crippen LogP contribution in [0.4, 0.5) is 4.39 Å². The maximum absolute atomic E-state index is 13.4. The summed E-state index contributed by atoms with van der Waals surface area (Å²) in [5, 5.41) is 9.59. The van der Waals surface area contributed by atoms with Crippen molar-refractivity contribution in [2.75, 3.05) is 6.54 Å². The Kier molecular flexibility index (Phi) is 4.15. The van der Waals surface area contributed by atoms with Crippen molar-refractivity contribution in [2.24, 2.45) is 0 Å². The Bertz CT molecular complexity index is 1020. The molecule has 1 atom stereocenters. The minimum Gasteiger partial charge on any atom is -0.479 e. The highest BCUT2D eigenvalue weighted by atomic mass is 19.1. The van der Waals surface area contributed by atoms with Gasteiger partial charge in [0.1, 0.15) is 5.82 Å².